The lowest BCUT2D eigenvalue weighted by molar-refractivity contribution is -0.146. The topological polar surface area (TPSA) is 103 Å². The number of rotatable bonds is 8. The number of hydrogen-bond acceptors (Lipinski definition) is 6. The van der Waals surface area contributed by atoms with E-state index in [0.717, 1.165) is 16.9 Å². The third kappa shape index (κ3) is 5.15. The summed E-state index contributed by atoms with van der Waals surface area (Å²) in [5.41, 5.74) is 3.43. The summed E-state index contributed by atoms with van der Waals surface area (Å²) in [7, 11) is 3.04. The van der Waals surface area contributed by atoms with Crippen LogP contribution in [0.2, 0.25) is 0 Å². The molecule has 1 amide bonds. The van der Waals surface area contributed by atoms with E-state index in [-0.39, 0.29) is 6.42 Å². The summed E-state index contributed by atoms with van der Waals surface area (Å²) in [6.07, 6.45) is -0.0321. The summed E-state index contributed by atoms with van der Waals surface area (Å²) in [6.45, 7) is 3.23. The Morgan fingerprint density at radius 2 is 1.73 bits per heavy atom. The van der Waals surface area contributed by atoms with Gasteiger partial charge in [0.05, 0.1) is 26.2 Å². The molecule has 0 saturated carbocycles. The Bertz CT molecular complexity index is 1210. The van der Waals surface area contributed by atoms with Gasteiger partial charge in [0.1, 0.15) is 11.9 Å². The van der Waals surface area contributed by atoms with Gasteiger partial charge in [-0.15, -0.1) is 0 Å². The fourth-order valence-electron chi connectivity index (χ4n) is 3.48. The van der Waals surface area contributed by atoms with Crippen LogP contribution in [-0.2, 0) is 20.7 Å². The summed E-state index contributed by atoms with van der Waals surface area (Å²) in [5, 5.41) is 12.4. The number of carbonyl (C=O) groups excluding carboxylic acids is 2. The van der Waals surface area contributed by atoms with Crippen molar-refractivity contribution in [2.75, 3.05) is 26.1 Å². The van der Waals surface area contributed by atoms with Gasteiger partial charge < -0.3 is 19.5 Å². The van der Waals surface area contributed by atoms with Crippen LogP contribution in [0.4, 0.5) is 5.82 Å². The van der Waals surface area contributed by atoms with Gasteiger partial charge in [0.25, 0.3) is 5.91 Å². The van der Waals surface area contributed by atoms with Gasteiger partial charge in [-0.2, -0.15) is 5.26 Å². The monoisotopic (exact) mass is 447 g/mol. The van der Waals surface area contributed by atoms with Gasteiger partial charge in [-0.05, 0) is 49.2 Å². The van der Waals surface area contributed by atoms with Gasteiger partial charge in [0, 0.05) is 11.4 Å². The molecule has 0 bridgehead atoms. The lowest BCUT2D eigenvalue weighted by Crippen LogP contribution is -2.23. The average Bonchev–Trinajstić information content (AvgIpc) is 3.06. The second kappa shape index (κ2) is 10.4. The van der Waals surface area contributed by atoms with E-state index in [1.165, 1.54) is 14.2 Å². The molecule has 0 spiro atoms. The number of para-hydroxylation sites is 1. The van der Waals surface area contributed by atoms with Crippen molar-refractivity contribution in [3.63, 3.8) is 0 Å². The quantitative estimate of drug-likeness (QED) is 0.528. The highest BCUT2D eigenvalue weighted by molar-refractivity contribution is 5.94. The second-order valence-corrected chi connectivity index (χ2v) is 7.29. The molecule has 1 aromatic heterocycles. The molecule has 0 fully saturated rings. The maximum absolute atomic E-state index is 12.6. The van der Waals surface area contributed by atoms with E-state index in [1.54, 1.807) is 22.8 Å². The van der Waals surface area contributed by atoms with E-state index >= 15 is 0 Å². The van der Waals surface area contributed by atoms with Crippen molar-refractivity contribution in [3.05, 3.63) is 70.9 Å². The number of anilines is 1. The van der Waals surface area contributed by atoms with Crippen LogP contribution in [0, 0.1) is 25.2 Å². The number of methoxy groups -OCH3 is 2. The number of nitriles is 1. The van der Waals surface area contributed by atoms with Crippen LogP contribution in [0.25, 0.3) is 5.69 Å². The average molecular weight is 447 g/mol. The number of ether oxygens (including phenoxy) is 3. The van der Waals surface area contributed by atoms with Crippen LogP contribution in [0.1, 0.15) is 22.4 Å². The smallest absolute Gasteiger partial charge is 0.310 e. The first-order valence-electron chi connectivity index (χ1n) is 10.2. The molecule has 1 heterocycles. The molecule has 0 aliphatic rings. The van der Waals surface area contributed by atoms with Gasteiger partial charge in [-0.1, -0.05) is 24.3 Å². The van der Waals surface area contributed by atoms with Crippen molar-refractivity contribution < 1.29 is 23.8 Å². The van der Waals surface area contributed by atoms with Gasteiger partial charge >= 0.3 is 5.97 Å². The Kier molecular flexibility index (Phi) is 7.36. The Balaban J connectivity index is 1.70. The predicted molar refractivity (Wildman–Crippen MR) is 123 cm³/mol. The first-order valence-corrected chi connectivity index (χ1v) is 10.2. The number of benzene rings is 2. The van der Waals surface area contributed by atoms with Gasteiger partial charge in [0.2, 0.25) is 0 Å². The number of carbonyl (C=O) groups is 2. The lowest BCUT2D eigenvalue weighted by atomic mass is 10.1. The van der Waals surface area contributed by atoms with E-state index < -0.39 is 18.5 Å². The van der Waals surface area contributed by atoms with Crippen molar-refractivity contribution in [2.24, 2.45) is 0 Å². The zero-order valence-corrected chi connectivity index (χ0v) is 19.0. The maximum Gasteiger partial charge on any atom is 0.310 e. The Hall–Kier alpha value is -4.25. The number of nitrogens with one attached hydrogen (secondary N) is 1. The minimum Gasteiger partial charge on any atom is -0.493 e. The van der Waals surface area contributed by atoms with Crippen molar-refractivity contribution >= 4 is 17.7 Å². The third-order valence-electron chi connectivity index (χ3n) is 5.26. The SMILES string of the molecule is COc1ccc(CC(=O)OCC(=O)Nc2c(C#N)c(C)c(C)n2-c2ccccc2)cc1OC. The molecule has 3 aromatic rings. The normalized spacial score (nSPS) is 10.3. The number of amides is 1. The molecule has 0 radical (unpaired) electrons. The van der Waals surface area contributed by atoms with Crippen LogP contribution in [0.3, 0.4) is 0 Å². The molecular formula is C25H25N3O5. The van der Waals surface area contributed by atoms with E-state index in [4.69, 9.17) is 14.2 Å². The Morgan fingerprint density at radius 1 is 1.03 bits per heavy atom. The van der Waals surface area contributed by atoms with E-state index in [9.17, 15) is 14.9 Å². The van der Waals surface area contributed by atoms with Gasteiger partial charge in [-0.25, -0.2) is 0 Å². The van der Waals surface area contributed by atoms with Crippen molar-refractivity contribution in [1.29, 1.82) is 5.26 Å². The zero-order valence-electron chi connectivity index (χ0n) is 19.0. The molecule has 33 heavy (non-hydrogen) atoms. The van der Waals surface area contributed by atoms with Crippen LogP contribution in [0.5, 0.6) is 11.5 Å². The van der Waals surface area contributed by atoms with Crippen molar-refractivity contribution in [3.8, 4) is 23.3 Å². The van der Waals surface area contributed by atoms with Crippen LogP contribution >= 0.6 is 0 Å². The van der Waals surface area contributed by atoms with Gasteiger partial charge in [0.15, 0.2) is 18.1 Å². The molecule has 0 saturated heterocycles. The second-order valence-electron chi connectivity index (χ2n) is 7.29. The minimum absolute atomic E-state index is 0.0321. The standard InChI is InChI=1S/C25H25N3O5/c1-16-17(2)28(19-8-6-5-7-9-19)25(20(16)14-26)27-23(29)15-33-24(30)13-18-10-11-21(31-3)22(12-18)32-4/h5-12H,13,15H2,1-4H3,(H,27,29). The summed E-state index contributed by atoms with van der Waals surface area (Å²) < 4.78 is 17.4. The molecule has 170 valence electrons. The molecule has 0 atom stereocenters. The summed E-state index contributed by atoms with van der Waals surface area (Å²) in [5.74, 6) is 0.288. The largest absolute Gasteiger partial charge is 0.493 e. The fourth-order valence-corrected chi connectivity index (χ4v) is 3.48. The highest BCUT2D eigenvalue weighted by Gasteiger charge is 2.21. The number of aromatic nitrogens is 1. The fraction of sp³-hybridized carbons (Fsp3) is 0.240. The van der Waals surface area contributed by atoms with Crippen LogP contribution < -0.4 is 14.8 Å². The summed E-state index contributed by atoms with van der Waals surface area (Å²) in [4.78, 5) is 24.8. The first-order chi connectivity index (χ1) is 15.9. The Labute approximate surface area is 192 Å². The molecule has 2 aromatic carbocycles. The number of hydrogen-bond donors (Lipinski definition) is 1. The highest BCUT2D eigenvalue weighted by atomic mass is 16.5. The van der Waals surface area contributed by atoms with Crippen molar-refractivity contribution in [2.45, 2.75) is 20.3 Å². The molecule has 8 heteroatoms. The summed E-state index contributed by atoms with van der Waals surface area (Å²) >= 11 is 0. The zero-order chi connectivity index (χ0) is 24.0. The van der Waals surface area contributed by atoms with Crippen LogP contribution in [-0.4, -0.2) is 37.3 Å². The van der Waals surface area contributed by atoms with E-state index in [2.05, 4.69) is 11.4 Å². The molecule has 0 unspecified atom stereocenters. The molecule has 3 rings (SSSR count). The number of nitrogens with zero attached hydrogens (tertiary/aromatic N) is 2. The van der Waals surface area contributed by atoms with Crippen LogP contribution in [0.15, 0.2) is 48.5 Å². The van der Waals surface area contributed by atoms with Gasteiger partial charge in [-0.3, -0.25) is 14.2 Å². The maximum atomic E-state index is 12.6. The molecule has 8 nitrogen and oxygen atoms in total. The molecular weight excluding hydrogens is 422 g/mol. The predicted octanol–water partition coefficient (Wildman–Crippen LogP) is 3.71. The molecule has 0 aliphatic carbocycles. The third-order valence-corrected chi connectivity index (χ3v) is 5.26. The minimum atomic E-state index is -0.566. The molecule has 0 aliphatic heterocycles. The van der Waals surface area contributed by atoms with Crippen molar-refractivity contribution in [1.82, 2.24) is 4.57 Å². The Morgan fingerprint density at radius 3 is 2.36 bits per heavy atom. The van der Waals surface area contributed by atoms with E-state index in [1.807, 2.05) is 44.2 Å². The summed E-state index contributed by atoms with van der Waals surface area (Å²) in [6, 6.07) is 16.6. The van der Waals surface area contributed by atoms with E-state index in [0.29, 0.717) is 28.4 Å². The number of esters is 1. The lowest BCUT2D eigenvalue weighted by Gasteiger charge is -2.13. The first kappa shape index (κ1) is 23.4. The molecule has 1 N–H and O–H groups in total. The highest BCUT2D eigenvalue weighted by Crippen LogP contribution is 2.30.